The van der Waals surface area contributed by atoms with Gasteiger partial charge in [-0.3, -0.25) is 0 Å². The molecule has 0 spiro atoms. The lowest BCUT2D eigenvalue weighted by Crippen LogP contribution is -2.05. The maximum atomic E-state index is 13.8. The molecule has 0 amide bonds. The number of hydrogen-bond acceptors (Lipinski definition) is 3. The lowest BCUT2D eigenvalue weighted by atomic mass is 10.1. The highest BCUT2D eigenvalue weighted by atomic mass is 19.1. The van der Waals surface area contributed by atoms with Gasteiger partial charge in [0.15, 0.2) is 0 Å². The van der Waals surface area contributed by atoms with Crippen molar-refractivity contribution in [2.45, 2.75) is 6.54 Å². The molecule has 0 saturated heterocycles. The van der Waals surface area contributed by atoms with Crippen LogP contribution in [0.15, 0.2) is 36.4 Å². The molecule has 0 bridgehead atoms. The van der Waals surface area contributed by atoms with Crippen molar-refractivity contribution in [2.75, 3.05) is 5.32 Å². The maximum absolute atomic E-state index is 13.8. The molecule has 0 radical (unpaired) electrons. The zero-order valence-corrected chi connectivity index (χ0v) is 10.3. The number of anilines is 1. The van der Waals surface area contributed by atoms with Gasteiger partial charge in [-0.2, -0.15) is 10.5 Å². The fourth-order valence-electron chi connectivity index (χ4n) is 1.78. The summed E-state index contributed by atoms with van der Waals surface area (Å²) in [7, 11) is 0. The molecule has 0 saturated carbocycles. The van der Waals surface area contributed by atoms with Crippen LogP contribution in [0.25, 0.3) is 0 Å². The van der Waals surface area contributed by atoms with E-state index >= 15 is 0 Å². The van der Waals surface area contributed by atoms with Gasteiger partial charge in [0.2, 0.25) is 0 Å². The van der Waals surface area contributed by atoms with Crippen LogP contribution in [-0.2, 0) is 6.54 Å². The minimum absolute atomic E-state index is 0.0518. The van der Waals surface area contributed by atoms with Crippen molar-refractivity contribution in [3.05, 3.63) is 64.7 Å². The van der Waals surface area contributed by atoms with Crippen molar-refractivity contribution in [1.82, 2.24) is 0 Å². The molecule has 2 aromatic rings. The Bertz CT molecular complexity index is 727. The fraction of sp³-hybridized carbons (Fsp3) is 0.0667. The van der Waals surface area contributed by atoms with E-state index in [4.69, 9.17) is 10.5 Å². The Hall–Kier alpha value is -2.92. The average molecular weight is 269 g/mol. The molecule has 1 N–H and O–H groups in total. The first kappa shape index (κ1) is 13.5. The van der Waals surface area contributed by atoms with E-state index in [1.54, 1.807) is 18.2 Å². The monoisotopic (exact) mass is 269 g/mol. The van der Waals surface area contributed by atoms with Crippen molar-refractivity contribution in [1.29, 1.82) is 10.5 Å². The van der Waals surface area contributed by atoms with E-state index in [0.29, 0.717) is 0 Å². The SMILES string of the molecule is N#Cc1cccc(CNc2cccc(F)c2C#N)c1F. The van der Waals surface area contributed by atoms with Gasteiger partial charge in [-0.25, -0.2) is 8.78 Å². The summed E-state index contributed by atoms with van der Waals surface area (Å²) in [6, 6.07) is 12.1. The predicted molar refractivity (Wildman–Crippen MR) is 69.6 cm³/mol. The second kappa shape index (κ2) is 5.81. The van der Waals surface area contributed by atoms with Gasteiger partial charge in [-0.05, 0) is 18.2 Å². The minimum atomic E-state index is -0.635. The van der Waals surface area contributed by atoms with E-state index in [1.807, 2.05) is 0 Å². The topological polar surface area (TPSA) is 59.6 Å². The highest BCUT2D eigenvalue weighted by molar-refractivity contribution is 5.58. The molecule has 2 rings (SSSR count). The molecule has 0 heterocycles. The summed E-state index contributed by atoms with van der Waals surface area (Å²) in [4.78, 5) is 0. The van der Waals surface area contributed by atoms with Gasteiger partial charge in [0.1, 0.15) is 29.3 Å². The quantitative estimate of drug-likeness (QED) is 0.929. The van der Waals surface area contributed by atoms with Gasteiger partial charge in [-0.1, -0.05) is 18.2 Å². The van der Waals surface area contributed by atoms with Crippen LogP contribution in [0.1, 0.15) is 16.7 Å². The Morgan fingerprint density at radius 3 is 2.45 bits per heavy atom. The molecular weight excluding hydrogens is 260 g/mol. The number of nitrogens with zero attached hydrogens (tertiary/aromatic N) is 2. The first-order chi connectivity index (χ1) is 9.67. The molecule has 0 unspecified atom stereocenters. The van der Waals surface area contributed by atoms with Crippen molar-refractivity contribution in [3.8, 4) is 12.1 Å². The Balaban J connectivity index is 2.25. The average Bonchev–Trinajstić information content (AvgIpc) is 2.46. The molecule has 2 aromatic carbocycles. The predicted octanol–water partition coefficient (Wildman–Crippen LogP) is 3.32. The normalized spacial score (nSPS) is 9.60. The molecule has 0 aliphatic carbocycles. The van der Waals surface area contributed by atoms with Gasteiger partial charge in [0, 0.05) is 12.1 Å². The maximum Gasteiger partial charge on any atom is 0.145 e. The number of rotatable bonds is 3. The smallest absolute Gasteiger partial charge is 0.145 e. The van der Waals surface area contributed by atoms with E-state index in [2.05, 4.69) is 5.32 Å². The summed E-state index contributed by atoms with van der Waals surface area (Å²) >= 11 is 0. The highest BCUT2D eigenvalue weighted by Crippen LogP contribution is 2.20. The van der Waals surface area contributed by atoms with Gasteiger partial charge in [-0.15, -0.1) is 0 Å². The first-order valence-corrected chi connectivity index (χ1v) is 5.77. The third-order valence-electron chi connectivity index (χ3n) is 2.79. The number of nitrogens with one attached hydrogen (secondary N) is 1. The zero-order valence-electron chi connectivity index (χ0n) is 10.3. The lowest BCUT2D eigenvalue weighted by Gasteiger charge is -2.09. The first-order valence-electron chi connectivity index (χ1n) is 5.77. The molecule has 5 heteroatoms. The Kier molecular flexibility index (Phi) is 3.93. The summed E-state index contributed by atoms with van der Waals surface area (Å²) in [6.45, 7) is 0.0550. The summed E-state index contributed by atoms with van der Waals surface area (Å²) in [6.07, 6.45) is 0. The second-order valence-corrected chi connectivity index (χ2v) is 4.02. The third kappa shape index (κ3) is 2.57. The Labute approximate surface area is 114 Å². The van der Waals surface area contributed by atoms with Crippen molar-refractivity contribution in [2.24, 2.45) is 0 Å². The third-order valence-corrected chi connectivity index (χ3v) is 2.79. The van der Waals surface area contributed by atoms with Crippen LogP contribution >= 0.6 is 0 Å². The van der Waals surface area contributed by atoms with E-state index in [0.717, 1.165) is 0 Å². The fourth-order valence-corrected chi connectivity index (χ4v) is 1.78. The Morgan fingerprint density at radius 1 is 1.00 bits per heavy atom. The number of nitriles is 2. The van der Waals surface area contributed by atoms with Crippen molar-refractivity contribution in [3.63, 3.8) is 0 Å². The molecule has 20 heavy (non-hydrogen) atoms. The van der Waals surface area contributed by atoms with Crippen LogP contribution < -0.4 is 5.32 Å². The second-order valence-electron chi connectivity index (χ2n) is 4.02. The van der Waals surface area contributed by atoms with Crippen LogP contribution in [0.5, 0.6) is 0 Å². The van der Waals surface area contributed by atoms with E-state index in [1.165, 1.54) is 30.3 Å². The molecule has 3 nitrogen and oxygen atoms in total. The van der Waals surface area contributed by atoms with Crippen LogP contribution in [0.2, 0.25) is 0 Å². The summed E-state index contributed by atoms with van der Waals surface area (Å²) < 4.78 is 27.2. The highest BCUT2D eigenvalue weighted by Gasteiger charge is 2.10. The molecule has 0 fully saturated rings. The van der Waals surface area contributed by atoms with Crippen molar-refractivity contribution >= 4 is 5.69 Å². The van der Waals surface area contributed by atoms with Gasteiger partial charge >= 0.3 is 0 Å². The van der Waals surface area contributed by atoms with E-state index in [9.17, 15) is 8.78 Å². The minimum Gasteiger partial charge on any atom is -0.380 e. The molecule has 0 aromatic heterocycles. The van der Waals surface area contributed by atoms with Crippen molar-refractivity contribution < 1.29 is 8.78 Å². The molecule has 98 valence electrons. The molecule has 0 aliphatic heterocycles. The number of hydrogen-bond donors (Lipinski definition) is 1. The van der Waals surface area contributed by atoms with E-state index < -0.39 is 11.6 Å². The molecule has 0 aliphatic rings. The Morgan fingerprint density at radius 2 is 1.75 bits per heavy atom. The van der Waals surface area contributed by atoms with Crippen LogP contribution in [0, 0.1) is 34.3 Å². The standard InChI is InChI=1S/C15H9F2N3/c16-13-5-2-6-14(12(13)8-19)20-9-11-4-1-3-10(7-18)15(11)17/h1-6,20H,9H2. The van der Waals surface area contributed by atoms with Gasteiger partial charge in [0.05, 0.1) is 11.3 Å². The lowest BCUT2D eigenvalue weighted by molar-refractivity contribution is 0.609. The molecular formula is C15H9F2N3. The van der Waals surface area contributed by atoms with Crippen LogP contribution in [-0.4, -0.2) is 0 Å². The molecule has 0 atom stereocenters. The van der Waals surface area contributed by atoms with E-state index in [-0.39, 0.29) is 28.9 Å². The zero-order chi connectivity index (χ0) is 14.5. The summed E-state index contributed by atoms with van der Waals surface area (Å²) in [5.74, 6) is -1.25. The summed E-state index contributed by atoms with van der Waals surface area (Å²) in [5.41, 5.74) is 0.389. The van der Waals surface area contributed by atoms with Crippen LogP contribution in [0.4, 0.5) is 14.5 Å². The largest absolute Gasteiger partial charge is 0.380 e. The van der Waals surface area contributed by atoms with Crippen LogP contribution in [0.3, 0.4) is 0 Å². The van der Waals surface area contributed by atoms with Gasteiger partial charge in [0.25, 0.3) is 0 Å². The number of benzene rings is 2. The van der Waals surface area contributed by atoms with Gasteiger partial charge < -0.3 is 5.32 Å². The summed E-state index contributed by atoms with van der Waals surface area (Å²) in [5, 5.41) is 20.4. The number of halogens is 2.